The third kappa shape index (κ3) is 4.28. The van der Waals surface area contributed by atoms with Gasteiger partial charge in [-0.25, -0.2) is 4.79 Å². The summed E-state index contributed by atoms with van der Waals surface area (Å²) in [5, 5.41) is 12.1. The zero-order chi connectivity index (χ0) is 14.4. The Morgan fingerprint density at radius 1 is 1.20 bits per heavy atom. The fourth-order valence-electron chi connectivity index (χ4n) is 1.70. The van der Waals surface area contributed by atoms with E-state index in [1.165, 1.54) is 0 Å². The Morgan fingerprint density at radius 3 is 2.65 bits per heavy atom. The number of carboxylic acids is 1. The second-order valence-electron chi connectivity index (χ2n) is 4.12. The number of halogens is 1. The number of hydrogen-bond acceptors (Lipinski definition) is 3. The summed E-state index contributed by atoms with van der Waals surface area (Å²) in [4.78, 5) is 10.9. The van der Waals surface area contributed by atoms with E-state index in [1.54, 1.807) is 12.1 Å². The van der Waals surface area contributed by atoms with E-state index in [2.05, 4.69) is 21.2 Å². The van der Waals surface area contributed by atoms with Gasteiger partial charge in [0.2, 0.25) is 0 Å². The van der Waals surface area contributed by atoms with E-state index in [-0.39, 0.29) is 5.56 Å². The van der Waals surface area contributed by atoms with Crippen LogP contribution in [-0.2, 0) is 0 Å². The Hall–Kier alpha value is -2.01. The first-order valence-corrected chi connectivity index (χ1v) is 6.90. The summed E-state index contributed by atoms with van der Waals surface area (Å²) in [6.45, 7) is 1.09. The van der Waals surface area contributed by atoms with Crippen LogP contribution in [0.15, 0.2) is 53.0 Å². The summed E-state index contributed by atoms with van der Waals surface area (Å²) in [5.74, 6) is -0.135. The average Bonchev–Trinajstić information content (AvgIpc) is 2.44. The van der Waals surface area contributed by atoms with Crippen molar-refractivity contribution in [1.82, 2.24) is 0 Å². The van der Waals surface area contributed by atoms with Crippen LogP contribution in [0.25, 0.3) is 0 Å². The Kier molecular flexibility index (Phi) is 5.01. The van der Waals surface area contributed by atoms with E-state index in [9.17, 15) is 4.79 Å². The molecular formula is C15H14BrNO3. The molecular weight excluding hydrogens is 322 g/mol. The number of para-hydroxylation sites is 1. The second-order valence-corrected chi connectivity index (χ2v) is 5.04. The van der Waals surface area contributed by atoms with Crippen molar-refractivity contribution in [2.75, 3.05) is 18.5 Å². The molecule has 0 bridgehead atoms. The lowest BCUT2D eigenvalue weighted by Gasteiger charge is -2.09. The highest BCUT2D eigenvalue weighted by Crippen LogP contribution is 2.19. The first-order chi connectivity index (χ1) is 9.65. The van der Waals surface area contributed by atoms with Gasteiger partial charge in [-0.1, -0.05) is 34.1 Å². The molecule has 0 aliphatic heterocycles. The van der Waals surface area contributed by atoms with Gasteiger partial charge in [-0.3, -0.25) is 0 Å². The van der Waals surface area contributed by atoms with Gasteiger partial charge in [0.25, 0.3) is 0 Å². The third-order valence-electron chi connectivity index (χ3n) is 2.59. The standard InChI is InChI=1S/C15H14BrNO3/c16-12-8-11(15(18)19)9-13(10-12)17-6-7-20-14-4-2-1-3-5-14/h1-5,8-10,17H,6-7H2,(H,18,19). The Labute approximate surface area is 125 Å². The van der Waals surface area contributed by atoms with Crippen molar-refractivity contribution in [3.05, 3.63) is 58.6 Å². The summed E-state index contributed by atoms with van der Waals surface area (Å²) in [6.07, 6.45) is 0. The molecule has 2 aromatic carbocycles. The van der Waals surface area contributed by atoms with Crippen molar-refractivity contribution in [1.29, 1.82) is 0 Å². The van der Waals surface area contributed by atoms with E-state index in [1.807, 2.05) is 36.4 Å². The first-order valence-electron chi connectivity index (χ1n) is 6.11. The smallest absolute Gasteiger partial charge is 0.335 e. The molecule has 0 aliphatic rings. The van der Waals surface area contributed by atoms with Crippen LogP contribution in [0.2, 0.25) is 0 Å². The molecule has 4 nitrogen and oxygen atoms in total. The lowest BCUT2D eigenvalue weighted by atomic mass is 10.2. The van der Waals surface area contributed by atoms with E-state index >= 15 is 0 Å². The molecule has 0 aromatic heterocycles. The maximum atomic E-state index is 10.9. The topological polar surface area (TPSA) is 58.6 Å². The molecule has 0 atom stereocenters. The summed E-state index contributed by atoms with van der Waals surface area (Å²) in [7, 11) is 0. The predicted molar refractivity (Wildman–Crippen MR) is 81.5 cm³/mol. The number of nitrogens with one attached hydrogen (secondary N) is 1. The van der Waals surface area contributed by atoms with Crippen LogP contribution >= 0.6 is 15.9 Å². The SMILES string of the molecule is O=C(O)c1cc(Br)cc(NCCOc2ccccc2)c1. The van der Waals surface area contributed by atoms with Crippen molar-refractivity contribution in [2.45, 2.75) is 0 Å². The molecule has 20 heavy (non-hydrogen) atoms. The maximum absolute atomic E-state index is 10.9. The van der Waals surface area contributed by atoms with Gasteiger partial charge >= 0.3 is 5.97 Å². The van der Waals surface area contributed by atoms with Crippen LogP contribution in [0.1, 0.15) is 10.4 Å². The maximum Gasteiger partial charge on any atom is 0.335 e. The molecule has 5 heteroatoms. The number of carboxylic acid groups (broad SMARTS) is 1. The zero-order valence-corrected chi connectivity index (χ0v) is 12.3. The molecule has 0 heterocycles. The van der Waals surface area contributed by atoms with Crippen LogP contribution in [-0.4, -0.2) is 24.2 Å². The van der Waals surface area contributed by atoms with Crippen molar-refractivity contribution >= 4 is 27.6 Å². The van der Waals surface area contributed by atoms with Crippen LogP contribution in [0, 0.1) is 0 Å². The molecule has 0 unspecified atom stereocenters. The Morgan fingerprint density at radius 2 is 1.95 bits per heavy atom. The van der Waals surface area contributed by atoms with Crippen molar-refractivity contribution in [3.8, 4) is 5.75 Å². The summed E-state index contributed by atoms with van der Waals surface area (Å²) < 4.78 is 6.27. The van der Waals surface area contributed by atoms with Gasteiger partial charge in [0, 0.05) is 16.7 Å². The molecule has 0 saturated heterocycles. The number of hydrogen-bond donors (Lipinski definition) is 2. The van der Waals surface area contributed by atoms with Gasteiger partial charge in [0.1, 0.15) is 12.4 Å². The largest absolute Gasteiger partial charge is 0.492 e. The van der Waals surface area contributed by atoms with E-state index in [0.29, 0.717) is 13.2 Å². The highest BCUT2D eigenvalue weighted by Gasteiger charge is 2.05. The first kappa shape index (κ1) is 14.4. The minimum absolute atomic E-state index is 0.242. The summed E-state index contributed by atoms with van der Waals surface area (Å²) in [5.41, 5.74) is 0.985. The normalized spacial score (nSPS) is 10.1. The monoisotopic (exact) mass is 335 g/mol. The van der Waals surface area contributed by atoms with Gasteiger partial charge in [-0.05, 0) is 30.3 Å². The number of ether oxygens (including phenoxy) is 1. The predicted octanol–water partition coefficient (Wildman–Crippen LogP) is 3.64. The van der Waals surface area contributed by atoms with Gasteiger partial charge in [0.05, 0.1) is 5.56 Å². The second kappa shape index (κ2) is 6.96. The van der Waals surface area contributed by atoms with Gasteiger partial charge in [-0.2, -0.15) is 0 Å². The minimum Gasteiger partial charge on any atom is -0.492 e. The molecule has 2 aromatic rings. The van der Waals surface area contributed by atoms with Crippen LogP contribution in [0.5, 0.6) is 5.75 Å². The quantitative estimate of drug-likeness (QED) is 0.791. The molecule has 0 fully saturated rings. The van der Waals surface area contributed by atoms with Gasteiger partial charge in [-0.15, -0.1) is 0 Å². The molecule has 0 amide bonds. The summed E-state index contributed by atoms with van der Waals surface area (Å²) >= 11 is 3.29. The van der Waals surface area contributed by atoms with Crippen molar-refractivity contribution in [3.63, 3.8) is 0 Å². The van der Waals surface area contributed by atoms with E-state index in [4.69, 9.17) is 9.84 Å². The van der Waals surface area contributed by atoms with Gasteiger partial charge < -0.3 is 15.2 Å². The Balaban J connectivity index is 1.86. The van der Waals surface area contributed by atoms with Crippen molar-refractivity contribution in [2.24, 2.45) is 0 Å². The highest BCUT2D eigenvalue weighted by molar-refractivity contribution is 9.10. The molecule has 2 N–H and O–H groups in total. The number of aromatic carboxylic acids is 1. The van der Waals surface area contributed by atoms with E-state index < -0.39 is 5.97 Å². The number of rotatable bonds is 6. The molecule has 2 rings (SSSR count). The third-order valence-corrected chi connectivity index (χ3v) is 3.05. The van der Waals surface area contributed by atoms with Crippen LogP contribution in [0.4, 0.5) is 5.69 Å². The molecule has 0 saturated carbocycles. The lowest BCUT2D eigenvalue weighted by Crippen LogP contribution is -2.12. The molecule has 0 spiro atoms. The van der Waals surface area contributed by atoms with Gasteiger partial charge in [0.15, 0.2) is 0 Å². The number of carbonyl (C=O) groups is 1. The fraction of sp³-hybridized carbons (Fsp3) is 0.133. The molecule has 104 valence electrons. The van der Waals surface area contributed by atoms with Crippen LogP contribution < -0.4 is 10.1 Å². The minimum atomic E-state index is -0.949. The summed E-state index contributed by atoms with van der Waals surface area (Å²) in [6, 6.07) is 14.5. The Bertz CT molecular complexity index is 587. The van der Waals surface area contributed by atoms with Crippen LogP contribution in [0.3, 0.4) is 0 Å². The van der Waals surface area contributed by atoms with E-state index in [0.717, 1.165) is 15.9 Å². The lowest BCUT2D eigenvalue weighted by molar-refractivity contribution is 0.0697. The zero-order valence-electron chi connectivity index (χ0n) is 10.7. The van der Waals surface area contributed by atoms with Crippen molar-refractivity contribution < 1.29 is 14.6 Å². The molecule has 0 radical (unpaired) electrons. The number of anilines is 1. The number of benzene rings is 2. The molecule has 0 aliphatic carbocycles. The fourth-order valence-corrected chi connectivity index (χ4v) is 2.19. The highest BCUT2D eigenvalue weighted by atomic mass is 79.9. The average molecular weight is 336 g/mol.